The molecular formula is C55H35N5. The van der Waals surface area contributed by atoms with Crippen LogP contribution in [0.1, 0.15) is 0 Å². The van der Waals surface area contributed by atoms with E-state index in [0.717, 1.165) is 89.3 Å². The fourth-order valence-corrected chi connectivity index (χ4v) is 8.97. The molecule has 12 rings (SSSR count). The minimum absolute atomic E-state index is 0.686. The Morgan fingerprint density at radius 2 is 0.767 bits per heavy atom. The van der Waals surface area contributed by atoms with Crippen LogP contribution in [0.15, 0.2) is 212 Å². The van der Waals surface area contributed by atoms with Gasteiger partial charge >= 0.3 is 0 Å². The van der Waals surface area contributed by atoms with Gasteiger partial charge in [0.25, 0.3) is 0 Å². The molecule has 0 bridgehead atoms. The molecule has 12 aromatic rings. The van der Waals surface area contributed by atoms with Crippen molar-refractivity contribution in [2.24, 2.45) is 0 Å². The average molecular weight is 766 g/mol. The van der Waals surface area contributed by atoms with Crippen LogP contribution >= 0.6 is 0 Å². The Morgan fingerprint density at radius 3 is 1.42 bits per heavy atom. The van der Waals surface area contributed by atoms with Crippen molar-refractivity contribution in [1.82, 2.24) is 23.9 Å². The Kier molecular flexibility index (Phi) is 7.78. The van der Waals surface area contributed by atoms with E-state index in [9.17, 15) is 0 Å². The van der Waals surface area contributed by atoms with Crippen LogP contribution in [0.25, 0.3) is 111 Å². The van der Waals surface area contributed by atoms with Crippen molar-refractivity contribution in [3.63, 3.8) is 0 Å². The summed E-state index contributed by atoms with van der Waals surface area (Å²) in [6.07, 6.45) is 0. The van der Waals surface area contributed by atoms with Crippen molar-refractivity contribution < 1.29 is 0 Å². The monoisotopic (exact) mass is 765 g/mol. The summed E-state index contributed by atoms with van der Waals surface area (Å²) in [5.74, 6) is 2.45. The van der Waals surface area contributed by atoms with Crippen LogP contribution in [-0.4, -0.2) is 23.9 Å². The molecule has 0 amide bonds. The van der Waals surface area contributed by atoms with E-state index >= 15 is 0 Å². The molecule has 5 heteroatoms. The molecule has 0 N–H and O–H groups in total. The van der Waals surface area contributed by atoms with E-state index in [1.54, 1.807) is 0 Å². The molecule has 0 radical (unpaired) electrons. The van der Waals surface area contributed by atoms with Gasteiger partial charge < -0.3 is 0 Å². The number of hydrogen-bond acceptors (Lipinski definition) is 3. The van der Waals surface area contributed by atoms with Gasteiger partial charge in [-0.3, -0.25) is 8.97 Å². The van der Waals surface area contributed by atoms with Gasteiger partial charge in [0.2, 0.25) is 0 Å². The van der Waals surface area contributed by atoms with E-state index in [0.29, 0.717) is 5.82 Å². The molecule has 0 spiro atoms. The number of imidazole rings is 1. The average Bonchev–Trinajstić information content (AvgIpc) is 3.90. The Labute approximate surface area is 346 Å². The molecule has 0 fully saturated rings. The molecule has 3 aromatic heterocycles. The predicted octanol–water partition coefficient (Wildman–Crippen LogP) is 13.9. The highest BCUT2D eigenvalue weighted by atomic mass is 15.1. The second-order valence-corrected chi connectivity index (χ2v) is 15.2. The molecule has 0 saturated carbocycles. The molecule has 3 heterocycles. The summed E-state index contributed by atoms with van der Waals surface area (Å²) >= 11 is 0. The lowest BCUT2D eigenvalue weighted by atomic mass is 10.00. The molecule has 0 aliphatic heterocycles. The summed E-state index contributed by atoms with van der Waals surface area (Å²) in [7, 11) is 0. The van der Waals surface area contributed by atoms with Crippen molar-refractivity contribution in [2.45, 2.75) is 0 Å². The third-order valence-electron chi connectivity index (χ3n) is 11.7. The maximum absolute atomic E-state index is 5.42. The van der Waals surface area contributed by atoms with E-state index in [2.05, 4.69) is 215 Å². The zero-order valence-corrected chi connectivity index (χ0v) is 32.4. The fourth-order valence-electron chi connectivity index (χ4n) is 8.97. The predicted molar refractivity (Wildman–Crippen MR) is 247 cm³/mol. The van der Waals surface area contributed by atoms with Crippen LogP contribution in [-0.2, 0) is 0 Å². The minimum Gasteiger partial charge on any atom is -0.292 e. The van der Waals surface area contributed by atoms with Gasteiger partial charge in [-0.1, -0.05) is 200 Å². The van der Waals surface area contributed by atoms with E-state index < -0.39 is 0 Å². The van der Waals surface area contributed by atoms with Crippen LogP contribution in [0.4, 0.5) is 0 Å². The fraction of sp³-hybridized carbons (Fsp3) is 0. The van der Waals surface area contributed by atoms with Crippen molar-refractivity contribution in [1.29, 1.82) is 0 Å². The highest BCUT2D eigenvalue weighted by Gasteiger charge is 2.22. The van der Waals surface area contributed by atoms with E-state index in [1.807, 2.05) is 6.07 Å². The largest absolute Gasteiger partial charge is 0.292 e. The quantitative estimate of drug-likeness (QED) is 0.158. The summed E-state index contributed by atoms with van der Waals surface area (Å²) in [5, 5.41) is 7.02. The summed E-state index contributed by atoms with van der Waals surface area (Å²) < 4.78 is 4.55. The number of hydrogen-bond donors (Lipinski definition) is 0. The number of aromatic nitrogens is 5. The number of benzene rings is 9. The number of para-hydroxylation sites is 1. The Morgan fingerprint density at radius 1 is 0.300 bits per heavy atom. The molecule has 9 aromatic carbocycles. The maximum atomic E-state index is 5.42. The first-order valence-electron chi connectivity index (χ1n) is 20.3. The zero-order valence-electron chi connectivity index (χ0n) is 32.4. The van der Waals surface area contributed by atoms with Gasteiger partial charge in [0, 0.05) is 43.9 Å². The topological polar surface area (TPSA) is 48.0 Å². The molecule has 0 saturated heterocycles. The molecule has 0 aliphatic rings. The van der Waals surface area contributed by atoms with E-state index in [1.165, 1.54) is 16.2 Å². The lowest BCUT2D eigenvalue weighted by Crippen LogP contribution is -2.03. The number of rotatable bonds is 6. The summed E-state index contributed by atoms with van der Waals surface area (Å²) in [6, 6.07) is 74.7. The number of nitrogens with zero attached hydrogens (tertiary/aromatic N) is 5. The normalized spacial score (nSPS) is 11.7. The first-order chi connectivity index (χ1) is 29.8. The molecule has 60 heavy (non-hydrogen) atoms. The molecule has 0 aliphatic carbocycles. The summed E-state index contributed by atoms with van der Waals surface area (Å²) in [5.41, 5.74) is 11.6. The van der Waals surface area contributed by atoms with Crippen LogP contribution in [0.2, 0.25) is 0 Å². The van der Waals surface area contributed by atoms with Gasteiger partial charge in [-0.05, 0) is 39.6 Å². The van der Waals surface area contributed by atoms with Gasteiger partial charge in [-0.15, -0.1) is 0 Å². The molecule has 280 valence electrons. The van der Waals surface area contributed by atoms with E-state index in [-0.39, 0.29) is 0 Å². The zero-order chi connectivity index (χ0) is 39.6. The maximum Gasteiger partial charge on any atom is 0.163 e. The lowest BCUT2D eigenvalue weighted by molar-refractivity contribution is 1.05. The highest BCUT2D eigenvalue weighted by Crippen LogP contribution is 2.41. The van der Waals surface area contributed by atoms with Crippen molar-refractivity contribution >= 4 is 49.0 Å². The molecule has 5 nitrogen and oxygen atoms in total. The molecule has 0 unspecified atom stereocenters. The molecular weight excluding hydrogens is 731 g/mol. The summed E-state index contributed by atoms with van der Waals surface area (Å²) in [4.78, 5) is 16.0. The van der Waals surface area contributed by atoms with Crippen LogP contribution in [0.3, 0.4) is 0 Å². The third kappa shape index (κ3) is 5.37. The smallest absolute Gasteiger partial charge is 0.163 e. The van der Waals surface area contributed by atoms with Crippen LogP contribution in [0.5, 0.6) is 0 Å². The summed E-state index contributed by atoms with van der Waals surface area (Å²) in [6.45, 7) is 0. The number of fused-ring (bicyclic) bond motifs is 9. The van der Waals surface area contributed by atoms with E-state index in [4.69, 9.17) is 15.0 Å². The second kappa shape index (κ2) is 13.8. The van der Waals surface area contributed by atoms with Crippen molar-refractivity contribution in [3.05, 3.63) is 212 Å². The first-order valence-corrected chi connectivity index (χ1v) is 20.3. The third-order valence-corrected chi connectivity index (χ3v) is 11.7. The Hall–Kier alpha value is -8.15. The van der Waals surface area contributed by atoms with Gasteiger partial charge in [-0.2, -0.15) is 0 Å². The van der Waals surface area contributed by atoms with Gasteiger partial charge in [0.05, 0.1) is 16.7 Å². The second-order valence-electron chi connectivity index (χ2n) is 15.2. The Bertz CT molecular complexity index is 3550. The first kappa shape index (κ1) is 33.9. The van der Waals surface area contributed by atoms with Gasteiger partial charge in [0.1, 0.15) is 17.3 Å². The standard InChI is InChI=1S/C55H35N5/c1-4-16-38(17-5-1)50-47-26-14-15-27-48(47)55-58-52(57-54(60(50)55)40-18-6-2-7-19-40)39-32-28-36(29-33-39)37-30-34-41(35-31-37)53-56-49-45-24-12-10-22-43(45)44-23-11-13-25-46(44)51(49)59(53)42-20-8-3-9-21-42/h1-35H. The van der Waals surface area contributed by atoms with Crippen molar-refractivity contribution in [2.75, 3.05) is 0 Å². The Balaban J connectivity index is 0.965. The lowest BCUT2D eigenvalue weighted by Gasteiger charge is -2.13. The van der Waals surface area contributed by atoms with Crippen LogP contribution < -0.4 is 0 Å². The van der Waals surface area contributed by atoms with Crippen LogP contribution in [0, 0.1) is 0 Å². The SMILES string of the molecule is c1ccc(-c2nc(-c3ccc(-c4ccc(-c5nc6c7ccccc7c7ccccc7c6n5-c5ccccc5)cc4)cc3)nc3c4ccccc4c(-c4ccccc4)n23)cc1. The van der Waals surface area contributed by atoms with Gasteiger partial charge in [-0.25, -0.2) is 15.0 Å². The van der Waals surface area contributed by atoms with Gasteiger partial charge in [0.15, 0.2) is 5.82 Å². The van der Waals surface area contributed by atoms with Crippen molar-refractivity contribution in [3.8, 4) is 62.2 Å². The highest BCUT2D eigenvalue weighted by molar-refractivity contribution is 6.24. The molecule has 0 atom stereocenters. The minimum atomic E-state index is 0.686.